The van der Waals surface area contributed by atoms with Crippen molar-refractivity contribution in [2.24, 2.45) is 0 Å². The van der Waals surface area contributed by atoms with E-state index in [1.807, 2.05) is 50.2 Å². The predicted molar refractivity (Wildman–Crippen MR) is 199 cm³/mol. The summed E-state index contributed by atoms with van der Waals surface area (Å²) in [5.74, 6) is -0.587. The second-order valence-electron chi connectivity index (χ2n) is 12.8. The van der Waals surface area contributed by atoms with E-state index < -0.39 is 28.5 Å². The number of halogens is 2. The number of nitrogens with one attached hydrogen (secondary N) is 1. The number of carbonyl (C=O) groups is 2. The van der Waals surface area contributed by atoms with Crippen molar-refractivity contribution in [2.75, 3.05) is 18.0 Å². The van der Waals surface area contributed by atoms with Crippen LogP contribution in [0.3, 0.4) is 0 Å². The SMILES string of the molecule is COc1ccc(C)cc1N(CC(=O)N(Cc1ccc(Cl)c(Cl)c1)[C@H](Cc1ccccc1)C(=O)NC1CCCCC1)S(=O)(=O)c1ccc(C)cc1. The van der Waals surface area contributed by atoms with Crippen LogP contribution in [0.4, 0.5) is 5.69 Å². The number of amides is 2. The zero-order chi connectivity index (χ0) is 35.8. The molecule has 1 aliphatic rings. The zero-order valence-electron chi connectivity index (χ0n) is 28.6. The second kappa shape index (κ2) is 16.8. The van der Waals surface area contributed by atoms with Crippen molar-refractivity contribution in [2.45, 2.75) is 75.9 Å². The van der Waals surface area contributed by atoms with E-state index in [9.17, 15) is 18.0 Å². The van der Waals surface area contributed by atoms with Crippen molar-refractivity contribution in [3.05, 3.63) is 123 Å². The quantitative estimate of drug-likeness (QED) is 0.151. The Morgan fingerprint density at radius 3 is 2.18 bits per heavy atom. The normalized spacial score (nSPS) is 14.1. The summed E-state index contributed by atoms with van der Waals surface area (Å²) in [7, 11) is -2.84. The van der Waals surface area contributed by atoms with Crippen LogP contribution in [0.2, 0.25) is 10.0 Å². The maximum atomic E-state index is 14.9. The van der Waals surface area contributed by atoms with Crippen LogP contribution in [-0.2, 0) is 32.6 Å². The topological polar surface area (TPSA) is 96.0 Å². The van der Waals surface area contributed by atoms with E-state index in [0.717, 1.165) is 53.1 Å². The molecule has 0 spiro atoms. The number of carbonyl (C=O) groups excluding carboxylic acids is 2. The maximum Gasteiger partial charge on any atom is 0.264 e. The minimum absolute atomic E-state index is 0.00794. The number of rotatable bonds is 13. The molecule has 0 saturated heterocycles. The summed E-state index contributed by atoms with van der Waals surface area (Å²) in [5, 5.41) is 3.88. The number of hydrogen-bond acceptors (Lipinski definition) is 5. The van der Waals surface area contributed by atoms with E-state index in [1.165, 1.54) is 24.1 Å². The van der Waals surface area contributed by atoms with Gasteiger partial charge in [0, 0.05) is 19.0 Å². The van der Waals surface area contributed by atoms with Gasteiger partial charge in [-0.15, -0.1) is 0 Å². The van der Waals surface area contributed by atoms with E-state index in [-0.39, 0.29) is 41.2 Å². The van der Waals surface area contributed by atoms with Crippen LogP contribution < -0.4 is 14.4 Å². The highest BCUT2D eigenvalue weighted by Gasteiger charge is 2.36. The molecule has 11 heteroatoms. The first kappa shape index (κ1) is 37.2. The highest BCUT2D eigenvalue weighted by molar-refractivity contribution is 7.92. The average Bonchev–Trinajstić information content (AvgIpc) is 3.11. The lowest BCUT2D eigenvalue weighted by atomic mass is 9.94. The van der Waals surface area contributed by atoms with Gasteiger partial charge in [0.1, 0.15) is 18.3 Å². The summed E-state index contributed by atoms with van der Waals surface area (Å²) in [6.07, 6.45) is 5.09. The minimum Gasteiger partial charge on any atom is -0.495 e. The van der Waals surface area contributed by atoms with Gasteiger partial charge in [0.25, 0.3) is 10.0 Å². The fraction of sp³-hybridized carbons (Fsp3) is 0.333. The van der Waals surface area contributed by atoms with E-state index in [4.69, 9.17) is 27.9 Å². The van der Waals surface area contributed by atoms with Crippen LogP contribution >= 0.6 is 23.2 Å². The fourth-order valence-electron chi connectivity index (χ4n) is 6.28. The first-order valence-electron chi connectivity index (χ1n) is 16.8. The standard InChI is InChI=1S/C39H43Cl2N3O5S/c1-27-14-18-32(19-15-27)50(47,48)44(35-22-28(2)16-21-37(35)49-3)26-38(45)43(25-30-17-20-33(40)34(41)23-30)36(24-29-10-6-4-7-11-29)39(46)42-31-12-8-5-9-13-31/h4,6-7,10-11,14-23,31,36H,5,8-9,12-13,24-26H2,1-3H3,(H,42,46)/t36-/m1/s1. The summed E-state index contributed by atoms with van der Waals surface area (Å²) in [6, 6.07) is 25.2. The fourth-order valence-corrected chi connectivity index (χ4v) is 8.02. The molecule has 1 saturated carbocycles. The van der Waals surface area contributed by atoms with Crippen molar-refractivity contribution in [3.63, 3.8) is 0 Å². The largest absolute Gasteiger partial charge is 0.495 e. The molecular formula is C39H43Cl2N3O5S. The summed E-state index contributed by atoms with van der Waals surface area (Å²) in [6.45, 7) is 3.09. The van der Waals surface area contributed by atoms with Crippen molar-refractivity contribution >= 4 is 50.7 Å². The molecule has 4 aromatic carbocycles. The lowest BCUT2D eigenvalue weighted by Gasteiger charge is -2.35. The summed E-state index contributed by atoms with van der Waals surface area (Å²) in [4.78, 5) is 30.7. The monoisotopic (exact) mass is 735 g/mol. The van der Waals surface area contributed by atoms with Crippen LogP contribution in [0.5, 0.6) is 5.75 Å². The molecule has 50 heavy (non-hydrogen) atoms. The molecule has 5 rings (SSSR count). The molecule has 0 unspecified atom stereocenters. The Labute approximate surface area is 305 Å². The Hall–Kier alpha value is -4.05. The molecule has 1 fully saturated rings. The molecule has 0 heterocycles. The molecule has 0 bridgehead atoms. The van der Waals surface area contributed by atoms with Gasteiger partial charge in [0.2, 0.25) is 11.8 Å². The summed E-state index contributed by atoms with van der Waals surface area (Å²) in [5.41, 5.74) is 3.37. The van der Waals surface area contributed by atoms with Crippen LogP contribution in [0, 0.1) is 13.8 Å². The number of nitrogens with zero attached hydrogens (tertiary/aromatic N) is 2. The van der Waals surface area contributed by atoms with Gasteiger partial charge in [-0.1, -0.05) is 103 Å². The average molecular weight is 737 g/mol. The number of benzene rings is 4. The summed E-state index contributed by atoms with van der Waals surface area (Å²) >= 11 is 12.7. The lowest BCUT2D eigenvalue weighted by molar-refractivity contribution is -0.140. The van der Waals surface area contributed by atoms with Gasteiger partial charge in [-0.05, 0) is 79.8 Å². The van der Waals surface area contributed by atoms with E-state index in [2.05, 4.69) is 5.32 Å². The Kier molecular flexibility index (Phi) is 12.5. The summed E-state index contributed by atoms with van der Waals surface area (Å²) < 4.78 is 35.6. The Bertz CT molecular complexity index is 1900. The van der Waals surface area contributed by atoms with Gasteiger partial charge >= 0.3 is 0 Å². The Morgan fingerprint density at radius 1 is 0.840 bits per heavy atom. The molecule has 1 aliphatic carbocycles. The Balaban J connectivity index is 1.61. The molecule has 4 aromatic rings. The third-order valence-electron chi connectivity index (χ3n) is 9.05. The van der Waals surface area contributed by atoms with Gasteiger partial charge in [-0.2, -0.15) is 0 Å². The van der Waals surface area contributed by atoms with Gasteiger partial charge < -0.3 is 15.0 Å². The smallest absolute Gasteiger partial charge is 0.264 e. The predicted octanol–water partition coefficient (Wildman–Crippen LogP) is 7.90. The van der Waals surface area contributed by atoms with Gasteiger partial charge in [0.05, 0.1) is 27.7 Å². The first-order valence-corrected chi connectivity index (χ1v) is 19.0. The second-order valence-corrected chi connectivity index (χ2v) is 15.5. The van der Waals surface area contributed by atoms with E-state index in [0.29, 0.717) is 15.6 Å². The molecule has 2 amide bonds. The number of anilines is 1. The first-order chi connectivity index (χ1) is 24.0. The maximum absolute atomic E-state index is 14.9. The zero-order valence-corrected chi connectivity index (χ0v) is 30.9. The van der Waals surface area contributed by atoms with E-state index >= 15 is 0 Å². The number of hydrogen-bond donors (Lipinski definition) is 1. The molecular weight excluding hydrogens is 693 g/mol. The van der Waals surface area contributed by atoms with Crippen molar-refractivity contribution < 1.29 is 22.7 Å². The molecule has 1 atom stereocenters. The number of aryl methyl sites for hydroxylation is 2. The van der Waals surface area contributed by atoms with Crippen molar-refractivity contribution in [3.8, 4) is 5.75 Å². The lowest BCUT2D eigenvalue weighted by Crippen LogP contribution is -2.55. The number of ether oxygens (including phenoxy) is 1. The van der Waals surface area contributed by atoms with E-state index in [1.54, 1.807) is 42.5 Å². The van der Waals surface area contributed by atoms with Crippen LogP contribution in [0.15, 0.2) is 95.9 Å². The third-order valence-corrected chi connectivity index (χ3v) is 11.6. The molecule has 8 nitrogen and oxygen atoms in total. The van der Waals surface area contributed by atoms with Crippen LogP contribution in [0.25, 0.3) is 0 Å². The Morgan fingerprint density at radius 2 is 1.52 bits per heavy atom. The van der Waals surface area contributed by atoms with Crippen LogP contribution in [0.1, 0.15) is 54.4 Å². The highest BCUT2D eigenvalue weighted by Crippen LogP contribution is 2.34. The van der Waals surface area contributed by atoms with Gasteiger partial charge in [-0.25, -0.2) is 8.42 Å². The highest BCUT2D eigenvalue weighted by atomic mass is 35.5. The minimum atomic E-state index is -4.29. The number of methoxy groups -OCH3 is 1. The van der Waals surface area contributed by atoms with Gasteiger partial charge in [-0.3, -0.25) is 13.9 Å². The van der Waals surface area contributed by atoms with Gasteiger partial charge in [0.15, 0.2) is 0 Å². The molecule has 0 aliphatic heterocycles. The third kappa shape index (κ3) is 9.19. The molecule has 1 N–H and O–H groups in total. The van der Waals surface area contributed by atoms with Crippen LogP contribution in [-0.4, -0.2) is 50.9 Å². The van der Waals surface area contributed by atoms with Crippen molar-refractivity contribution in [1.82, 2.24) is 10.2 Å². The molecule has 0 radical (unpaired) electrons. The molecule has 264 valence electrons. The van der Waals surface area contributed by atoms with Crippen molar-refractivity contribution in [1.29, 1.82) is 0 Å². The molecule has 0 aromatic heterocycles. The number of sulfonamides is 1.